The van der Waals surface area contributed by atoms with Crippen LogP contribution in [0.3, 0.4) is 0 Å². The molecule has 4 rings (SSSR count). The van der Waals surface area contributed by atoms with Crippen LogP contribution in [-0.2, 0) is 5.41 Å². The molecule has 9 heteroatoms. The van der Waals surface area contributed by atoms with Crippen LogP contribution in [0.25, 0.3) is 0 Å². The van der Waals surface area contributed by atoms with Crippen LogP contribution in [-0.4, -0.2) is 31.2 Å². The van der Waals surface area contributed by atoms with E-state index < -0.39 is 18.6 Å². The van der Waals surface area contributed by atoms with Gasteiger partial charge in [0.05, 0.1) is 6.04 Å². The van der Waals surface area contributed by atoms with Crippen LogP contribution < -0.4 is 25.4 Å². The number of para-hydroxylation sites is 1. The van der Waals surface area contributed by atoms with Gasteiger partial charge in [-0.1, -0.05) is 31.5 Å². The number of amides is 2. The van der Waals surface area contributed by atoms with Crippen LogP contribution in [0.5, 0.6) is 11.5 Å². The molecule has 2 amide bonds. The van der Waals surface area contributed by atoms with Crippen molar-refractivity contribution in [1.82, 2.24) is 10.6 Å². The van der Waals surface area contributed by atoms with E-state index in [1.807, 2.05) is 18.2 Å². The second-order valence-electron chi connectivity index (χ2n) is 8.82. The normalized spacial score (nSPS) is 22.1. The molecular formula is C24H28F3N3O3. The predicted octanol–water partition coefficient (Wildman–Crippen LogP) is 5.31. The summed E-state index contributed by atoms with van der Waals surface area (Å²) in [6.45, 7) is 3.03. The number of halogens is 3. The first-order valence-electron chi connectivity index (χ1n) is 11.1. The minimum absolute atomic E-state index is 0.119. The summed E-state index contributed by atoms with van der Waals surface area (Å²) in [6.07, 6.45) is -0.0670. The van der Waals surface area contributed by atoms with E-state index in [0.29, 0.717) is 5.69 Å². The first-order chi connectivity index (χ1) is 15.7. The van der Waals surface area contributed by atoms with E-state index in [1.54, 1.807) is 0 Å². The average molecular weight is 464 g/mol. The van der Waals surface area contributed by atoms with Crippen LogP contribution in [0.15, 0.2) is 48.5 Å². The SMILES string of the molecule is CC1(c2ccccc2OC2NCCCC2NC(=O)Nc2ccc(OC(F)(F)F)cc2)CCC1. The minimum Gasteiger partial charge on any atom is -0.473 e. The Bertz CT molecular complexity index is 961. The van der Waals surface area contributed by atoms with Crippen LogP contribution in [0.2, 0.25) is 0 Å². The van der Waals surface area contributed by atoms with Gasteiger partial charge in [-0.2, -0.15) is 0 Å². The highest BCUT2D eigenvalue weighted by Gasteiger charge is 2.37. The molecule has 2 unspecified atom stereocenters. The van der Waals surface area contributed by atoms with Crippen molar-refractivity contribution in [2.75, 3.05) is 11.9 Å². The molecule has 1 heterocycles. The molecule has 0 radical (unpaired) electrons. The Balaban J connectivity index is 1.38. The Morgan fingerprint density at radius 3 is 2.48 bits per heavy atom. The molecule has 2 aromatic rings. The van der Waals surface area contributed by atoms with Crippen molar-refractivity contribution in [2.45, 2.75) is 63.1 Å². The summed E-state index contributed by atoms with van der Waals surface area (Å²) in [6, 6.07) is 12.3. The fourth-order valence-electron chi connectivity index (χ4n) is 4.39. The van der Waals surface area contributed by atoms with Gasteiger partial charge in [0.1, 0.15) is 11.5 Å². The van der Waals surface area contributed by atoms with Gasteiger partial charge in [0.2, 0.25) is 0 Å². The first kappa shape index (κ1) is 23.2. The number of rotatable bonds is 6. The smallest absolute Gasteiger partial charge is 0.473 e. The number of hydrogen-bond donors (Lipinski definition) is 3. The van der Waals surface area contributed by atoms with E-state index in [0.717, 1.165) is 50.1 Å². The maximum absolute atomic E-state index is 12.6. The summed E-state index contributed by atoms with van der Waals surface area (Å²) in [5.41, 5.74) is 1.66. The highest BCUT2D eigenvalue weighted by atomic mass is 19.4. The van der Waals surface area contributed by atoms with E-state index in [-0.39, 0.29) is 17.2 Å². The molecule has 1 aliphatic carbocycles. The van der Waals surface area contributed by atoms with E-state index in [4.69, 9.17) is 4.74 Å². The van der Waals surface area contributed by atoms with Gasteiger partial charge in [-0.05, 0) is 68.0 Å². The quantitative estimate of drug-likeness (QED) is 0.543. The van der Waals surface area contributed by atoms with Gasteiger partial charge < -0.3 is 20.1 Å². The number of alkyl halides is 3. The zero-order valence-corrected chi connectivity index (χ0v) is 18.4. The average Bonchev–Trinajstić information content (AvgIpc) is 2.74. The number of benzene rings is 2. The lowest BCUT2D eigenvalue weighted by Crippen LogP contribution is -2.57. The number of nitrogens with one attached hydrogen (secondary N) is 3. The third-order valence-electron chi connectivity index (χ3n) is 6.31. The maximum atomic E-state index is 12.6. The van der Waals surface area contributed by atoms with Gasteiger partial charge in [-0.3, -0.25) is 5.32 Å². The predicted molar refractivity (Wildman–Crippen MR) is 118 cm³/mol. The van der Waals surface area contributed by atoms with Crippen LogP contribution >= 0.6 is 0 Å². The van der Waals surface area contributed by atoms with Crippen molar-refractivity contribution in [2.24, 2.45) is 0 Å². The van der Waals surface area contributed by atoms with Crippen LogP contribution in [0.4, 0.5) is 23.7 Å². The van der Waals surface area contributed by atoms with E-state index in [1.165, 1.54) is 24.1 Å². The van der Waals surface area contributed by atoms with Gasteiger partial charge in [0.25, 0.3) is 0 Å². The molecule has 2 aromatic carbocycles. The second-order valence-corrected chi connectivity index (χ2v) is 8.82. The van der Waals surface area contributed by atoms with Gasteiger partial charge in [-0.15, -0.1) is 13.2 Å². The van der Waals surface area contributed by atoms with Gasteiger partial charge in [0, 0.05) is 11.3 Å². The Labute approximate surface area is 190 Å². The number of carbonyl (C=O) groups excluding carboxylic acids is 1. The molecule has 2 atom stereocenters. The van der Waals surface area contributed by atoms with E-state index >= 15 is 0 Å². The van der Waals surface area contributed by atoms with E-state index in [2.05, 4.69) is 33.7 Å². The maximum Gasteiger partial charge on any atom is 0.573 e. The number of hydrogen-bond acceptors (Lipinski definition) is 4. The number of urea groups is 1. The zero-order chi connectivity index (χ0) is 23.5. The lowest BCUT2D eigenvalue weighted by atomic mass is 9.66. The topological polar surface area (TPSA) is 71.6 Å². The first-order valence-corrected chi connectivity index (χ1v) is 11.1. The zero-order valence-electron chi connectivity index (χ0n) is 18.4. The van der Waals surface area contributed by atoms with Gasteiger partial charge >= 0.3 is 12.4 Å². The standard InChI is InChI=1S/C24H28F3N3O3/c1-23(13-5-14-23)18-6-2-3-8-20(18)32-21-19(7-4-15-28-21)30-22(31)29-16-9-11-17(12-10-16)33-24(25,26)27/h2-3,6,8-12,19,21,28H,4-5,7,13-15H2,1H3,(H2,29,30,31). The van der Waals surface area contributed by atoms with Gasteiger partial charge in [0.15, 0.2) is 6.23 Å². The van der Waals surface area contributed by atoms with Crippen molar-refractivity contribution in [1.29, 1.82) is 0 Å². The molecule has 1 saturated carbocycles. The molecule has 0 spiro atoms. The molecule has 6 nitrogen and oxygen atoms in total. The lowest BCUT2D eigenvalue weighted by Gasteiger charge is -2.41. The second kappa shape index (κ2) is 9.51. The highest BCUT2D eigenvalue weighted by molar-refractivity contribution is 5.89. The summed E-state index contributed by atoms with van der Waals surface area (Å²) in [4.78, 5) is 12.6. The van der Waals surface area contributed by atoms with Crippen molar-refractivity contribution >= 4 is 11.7 Å². The van der Waals surface area contributed by atoms with Crippen molar-refractivity contribution in [3.05, 3.63) is 54.1 Å². The summed E-state index contributed by atoms with van der Waals surface area (Å²) >= 11 is 0. The summed E-state index contributed by atoms with van der Waals surface area (Å²) in [5, 5.41) is 8.92. The Morgan fingerprint density at radius 1 is 1.09 bits per heavy atom. The Morgan fingerprint density at radius 2 is 1.82 bits per heavy atom. The molecule has 0 aromatic heterocycles. The minimum atomic E-state index is -4.76. The Hall–Kier alpha value is -2.94. The molecule has 33 heavy (non-hydrogen) atoms. The molecule has 0 bridgehead atoms. The number of piperidine rings is 1. The fourth-order valence-corrected chi connectivity index (χ4v) is 4.39. The molecule has 1 saturated heterocycles. The molecule has 3 N–H and O–H groups in total. The molecule has 1 aliphatic heterocycles. The van der Waals surface area contributed by atoms with Crippen LogP contribution in [0.1, 0.15) is 44.6 Å². The number of ether oxygens (including phenoxy) is 2. The molecular weight excluding hydrogens is 435 g/mol. The summed E-state index contributed by atoms with van der Waals surface area (Å²) in [7, 11) is 0. The number of anilines is 1. The molecule has 178 valence electrons. The van der Waals surface area contributed by atoms with Gasteiger partial charge in [-0.25, -0.2) is 4.79 Å². The van der Waals surface area contributed by atoms with Crippen molar-refractivity contribution in [3.8, 4) is 11.5 Å². The largest absolute Gasteiger partial charge is 0.573 e. The highest BCUT2D eigenvalue weighted by Crippen LogP contribution is 2.46. The fraction of sp³-hybridized carbons (Fsp3) is 0.458. The van der Waals surface area contributed by atoms with Crippen molar-refractivity contribution < 1.29 is 27.4 Å². The summed E-state index contributed by atoms with van der Waals surface area (Å²) < 4.78 is 47.1. The third-order valence-corrected chi connectivity index (χ3v) is 6.31. The molecule has 2 aliphatic rings. The number of carbonyl (C=O) groups is 1. The van der Waals surface area contributed by atoms with Crippen molar-refractivity contribution in [3.63, 3.8) is 0 Å². The summed E-state index contributed by atoms with van der Waals surface area (Å²) in [5.74, 6) is 0.476. The van der Waals surface area contributed by atoms with Crippen LogP contribution in [0, 0.1) is 0 Å². The lowest BCUT2D eigenvalue weighted by molar-refractivity contribution is -0.274. The monoisotopic (exact) mass is 463 g/mol. The Kier molecular flexibility index (Phi) is 6.69. The van der Waals surface area contributed by atoms with E-state index in [9.17, 15) is 18.0 Å². The molecule has 2 fully saturated rings. The third kappa shape index (κ3) is 5.90.